The minimum atomic E-state index is -0.770. The number of amides is 4. The number of hydrogen-bond donors (Lipinski definition) is 2. The summed E-state index contributed by atoms with van der Waals surface area (Å²) in [6.07, 6.45) is 4.90. The summed E-state index contributed by atoms with van der Waals surface area (Å²) in [7, 11) is 0. The molecular weight excluding hydrogens is 474 g/mol. The average Bonchev–Trinajstić information content (AvgIpc) is 3.55. The lowest BCUT2D eigenvalue weighted by atomic mass is 9.85. The molecule has 9 nitrogen and oxygen atoms in total. The molecule has 178 valence electrons. The molecule has 2 bridgehead atoms. The normalized spacial score (nSPS) is 23.9. The standard InChI is InChI=1S/C25H20ClN3O6/c26-17-7-3-13(4-8-17)22(31)28-27-19(30)12-35-25(34)14-5-9-18(10-6-14)29-23(32)20-15-1-2-16(11-15)21(20)24(29)33/h1-10,15-16,20-21H,11-12H2,(H,27,30)(H,28,31)/t15-,16-,20+,21+/m0/s1. The molecule has 4 amide bonds. The number of carbonyl (C=O) groups is 5. The van der Waals surface area contributed by atoms with E-state index >= 15 is 0 Å². The van der Waals surface area contributed by atoms with Gasteiger partial charge in [0.2, 0.25) is 11.8 Å². The van der Waals surface area contributed by atoms with Crippen molar-refractivity contribution in [1.82, 2.24) is 10.9 Å². The number of fused-ring (bicyclic) bond motifs is 5. The quantitative estimate of drug-likeness (QED) is 0.285. The molecule has 10 heteroatoms. The van der Waals surface area contributed by atoms with E-state index in [1.54, 1.807) is 0 Å². The maximum Gasteiger partial charge on any atom is 0.338 e. The summed E-state index contributed by atoms with van der Waals surface area (Å²) in [5.41, 5.74) is 5.19. The Bertz CT molecular complexity index is 1230. The first kappa shape index (κ1) is 22.8. The van der Waals surface area contributed by atoms with E-state index in [0.29, 0.717) is 10.7 Å². The van der Waals surface area contributed by atoms with Gasteiger partial charge >= 0.3 is 5.97 Å². The molecule has 1 saturated carbocycles. The van der Waals surface area contributed by atoms with Crippen molar-refractivity contribution in [3.63, 3.8) is 0 Å². The van der Waals surface area contributed by atoms with Crippen LogP contribution in [-0.2, 0) is 19.1 Å². The lowest BCUT2D eigenvalue weighted by molar-refractivity contribution is -0.125. The SMILES string of the molecule is O=C(COC(=O)c1ccc(N2C(=O)[C@H]3[C@H](C2=O)[C@H]2C=C[C@H]3C2)cc1)NNC(=O)c1ccc(Cl)cc1. The predicted molar refractivity (Wildman–Crippen MR) is 124 cm³/mol. The van der Waals surface area contributed by atoms with Gasteiger partial charge in [0, 0.05) is 10.6 Å². The smallest absolute Gasteiger partial charge is 0.338 e. The first-order valence-electron chi connectivity index (χ1n) is 11.0. The largest absolute Gasteiger partial charge is 0.452 e. The maximum atomic E-state index is 12.9. The Labute approximate surface area is 205 Å². The minimum absolute atomic E-state index is 0.114. The molecule has 2 aromatic rings. The molecule has 0 radical (unpaired) electrons. The predicted octanol–water partition coefficient (Wildman–Crippen LogP) is 2.27. The third-order valence-electron chi connectivity index (χ3n) is 6.59. The first-order chi connectivity index (χ1) is 16.8. The molecule has 35 heavy (non-hydrogen) atoms. The van der Waals surface area contributed by atoms with Crippen molar-refractivity contribution in [2.45, 2.75) is 6.42 Å². The molecule has 5 rings (SSSR count). The molecule has 2 aromatic carbocycles. The molecule has 0 unspecified atom stereocenters. The highest BCUT2D eigenvalue weighted by atomic mass is 35.5. The number of hydrazine groups is 1. The Hall–Kier alpha value is -3.98. The van der Waals surface area contributed by atoms with Crippen molar-refractivity contribution in [3.8, 4) is 0 Å². The van der Waals surface area contributed by atoms with Crippen LogP contribution >= 0.6 is 11.6 Å². The second-order valence-corrected chi connectivity index (χ2v) is 9.08. The summed E-state index contributed by atoms with van der Waals surface area (Å²) >= 11 is 5.77. The Morgan fingerprint density at radius 1 is 0.857 bits per heavy atom. The van der Waals surface area contributed by atoms with E-state index < -0.39 is 24.4 Å². The average molecular weight is 494 g/mol. The van der Waals surface area contributed by atoms with Crippen molar-refractivity contribution < 1.29 is 28.7 Å². The van der Waals surface area contributed by atoms with Gasteiger partial charge in [0.05, 0.1) is 23.1 Å². The fourth-order valence-electron chi connectivity index (χ4n) is 4.95. The van der Waals surface area contributed by atoms with Crippen molar-refractivity contribution in [1.29, 1.82) is 0 Å². The molecule has 2 fully saturated rings. The maximum absolute atomic E-state index is 12.9. The lowest BCUT2D eigenvalue weighted by Crippen LogP contribution is -2.43. The Morgan fingerprint density at radius 3 is 2.03 bits per heavy atom. The van der Waals surface area contributed by atoms with Crippen molar-refractivity contribution in [2.75, 3.05) is 11.5 Å². The van der Waals surface area contributed by atoms with E-state index in [1.807, 2.05) is 12.2 Å². The van der Waals surface area contributed by atoms with E-state index in [-0.39, 0.29) is 46.6 Å². The summed E-state index contributed by atoms with van der Waals surface area (Å²) in [4.78, 5) is 63.2. The van der Waals surface area contributed by atoms with Gasteiger partial charge in [-0.05, 0) is 66.8 Å². The number of nitrogens with zero attached hydrogens (tertiary/aromatic N) is 1. The molecule has 2 aliphatic carbocycles. The highest BCUT2D eigenvalue weighted by molar-refractivity contribution is 6.30. The number of esters is 1. The van der Waals surface area contributed by atoms with E-state index in [2.05, 4.69) is 10.9 Å². The summed E-state index contributed by atoms with van der Waals surface area (Å²) in [5, 5.41) is 0.468. The van der Waals surface area contributed by atoms with Crippen LogP contribution in [0, 0.1) is 23.7 Å². The Kier molecular flexibility index (Phi) is 5.86. The van der Waals surface area contributed by atoms with Gasteiger partial charge in [0.1, 0.15) is 0 Å². The highest BCUT2D eigenvalue weighted by Crippen LogP contribution is 2.53. The van der Waals surface area contributed by atoms with E-state index in [1.165, 1.54) is 53.4 Å². The monoisotopic (exact) mass is 493 g/mol. The fourth-order valence-corrected chi connectivity index (χ4v) is 5.08. The number of imide groups is 1. The summed E-state index contributed by atoms with van der Waals surface area (Å²) < 4.78 is 4.97. The number of hydrogen-bond acceptors (Lipinski definition) is 6. The van der Waals surface area contributed by atoms with Crippen LogP contribution in [-0.4, -0.2) is 36.2 Å². The van der Waals surface area contributed by atoms with Gasteiger partial charge < -0.3 is 4.74 Å². The van der Waals surface area contributed by atoms with Gasteiger partial charge in [-0.25, -0.2) is 4.79 Å². The topological polar surface area (TPSA) is 122 Å². The molecule has 1 aliphatic heterocycles. The second kappa shape index (κ2) is 8.99. The van der Waals surface area contributed by atoms with Gasteiger partial charge in [-0.2, -0.15) is 0 Å². The molecule has 0 aromatic heterocycles. The van der Waals surface area contributed by atoms with Crippen LogP contribution in [0.5, 0.6) is 0 Å². The van der Waals surface area contributed by atoms with Gasteiger partial charge in [-0.1, -0.05) is 23.8 Å². The number of ether oxygens (including phenoxy) is 1. The number of allylic oxidation sites excluding steroid dienone is 2. The van der Waals surface area contributed by atoms with Crippen LogP contribution in [0.4, 0.5) is 5.69 Å². The van der Waals surface area contributed by atoms with E-state index in [0.717, 1.165) is 6.42 Å². The Morgan fingerprint density at radius 2 is 1.43 bits per heavy atom. The number of carbonyl (C=O) groups excluding carboxylic acids is 5. The molecule has 3 aliphatic rings. The lowest BCUT2D eigenvalue weighted by Gasteiger charge is -2.17. The third kappa shape index (κ3) is 4.19. The molecule has 2 N–H and O–H groups in total. The molecule has 1 heterocycles. The van der Waals surface area contributed by atoms with Gasteiger partial charge in [-0.15, -0.1) is 0 Å². The fraction of sp³-hybridized carbons (Fsp3) is 0.240. The van der Waals surface area contributed by atoms with Crippen LogP contribution in [0.15, 0.2) is 60.7 Å². The number of nitrogens with one attached hydrogen (secondary N) is 2. The zero-order valence-corrected chi connectivity index (χ0v) is 19.0. The van der Waals surface area contributed by atoms with E-state index in [4.69, 9.17) is 16.3 Å². The van der Waals surface area contributed by atoms with Crippen LogP contribution in [0.25, 0.3) is 0 Å². The summed E-state index contributed by atoms with van der Waals surface area (Å²) in [5.74, 6) is -2.86. The number of rotatable bonds is 5. The zero-order valence-electron chi connectivity index (χ0n) is 18.3. The summed E-state index contributed by atoms with van der Waals surface area (Å²) in [6.45, 7) is -0.621. The van der Waals surface area contributed by atoms with Crippen molar-refractivity contribution >= 4 is 46.9 Å². The third-order valence-corrected chi connectivity index (χ3v) is 6.84. The van der Waals surface area contributed by atoms with Gasteiger partial charge in [0.25, 0.3) is 11.8 Å². The molecular formula is C25H20ClN3O6. The van der Waals surface area contributed by atoms with Crippen LogP contribution in [0.2, 0.25) is 5.02 Å². The molecule has 4 atom stereocenters. The first-order valence-corrected chi connectivity index (χ1v) is 11.4. The van der Waals surface area contributed by atoms with Crippen molar-refractivity contribution in [2.24, 2.45) is 23.7 Å². The van der Waals surface area contributed by atoms with Gasteiger partial charge in [-0.3, -0.25) is 34.9 Å². The van der Waals surface area contributed by atoms with Gasteiger partial charge in [0.15, 0.2) is 6.61 Å². The Balaban J connectivity index is 1.13. The number of benzene rings is 2. The van der Waals surface area contributed by atoms with Crippen LogP contribution in [0.3, 0.4) is 0 Å². The highest BCUT2D eigenvalue weighted by Gasteiger charge is 2.59. The van der Waals surface area contributed by atoms with Crippen LogP contribution in [0.1, 0.15) is 27.1 Å². The molecule has 0 spiro atoms. The summed E-state index contributed by atoms with van der Waals surface area (Å²) in [6, 6.07) is 11.9. The zero-order chi connectivity index (χ0) is 24.7. The van der Waals surface area contributed by atoms with Crippen LogP contribution < -0.4 is 15.8 Å². The van der Waals surface area contributed by atoms with Crippen molar-refractivity contribution in [3.05, 3.63) is 76.8 Å². The molecule has 1 saturated heterocycles. The number of anilines is 1. The minimum Gasteiger partial charge on any atom is -0.452 e. The number of halogens is 1. The van der Waals surface area contributed by atoms with E-state index in [9.17, 15) is 24.0 Å². The second-order valence-electron chi connectivity index (χ2n) is 8.64.